The first-order chi connectivity index (χ1) is 8.41. The molecule has 18 heavy (non-hydrogen) atoms. The molecule has 0 unspecified atom stereocenters. The minimum atomic E-state index is -1.26. The van der Waals surface area contributed by atoms with Gasteiger partial charge in [0.15, 0.2) is 0 Å². The molecule has 1 aromatic carbocycles. The van der Waals surface area contributed by atoms with Crippen molar-refractivity contribution in [3.63, 3.8) is 0 Å². The lowest BCUT2D eigenvalue weighted by molar-refractivity contribution is -0.139. The Morgan fingerprint density at radius 3 is 2.61 bits per heavy atom. The quantitative estimate of drug-likeness (QED) is 0.690. The molecule has 2 atom stereocenters. The van der Waals surface area contributed by atoms with Crippen molar-refractivity contribution in [3.8, 4) is 11.8 Å². The largest absolute Gasteiger partial charge is 0.480 e. The van der Waals surface area contributed by atoms with E-state index in [1.807, 2.05) is 30.3 Å². The highest BCUT2D eigenvalue weighted by Gasteiger charge is 2.19. The summed E-state index contributed by atoms with van der Waals surface area (Å²) in [5.74, 6) is 4.61. The number of benzene rings is 1. The van der Waals surface area contributed by atoms with Gasteiger partial charge in [0.1, 0.15) is 11.6 Å². The minimum Gasteiger partial charge on any atom is -0.480 e. The van der Waals surface area contributed by atoms with Crippen LogP contribution >= 0.6 is 0 Å². The SMILES string of the molecule is C[C@@H](NC[C@@](C)(O)C#Cc1ccccc1)C(=O)O. The molecule has 0 fully saturated rings. The third kappa shape index (κ3) is 5.00. The summed E-state index contributed by atoms with van der Waals surface area (Å²) in [6, 6.07) is 8.59. The molecular formula is C14H17NO3. The van der Waals surface area contributed by atoms with Crippen LogP contribution in [0.5, 0.6) is 0 Å². The molecule has 0 aliphatic heterocycles. The molecule has 0 heterocycles. The van der Waals surface area contributed by atoms with Crippen LogP contribution in [0.1, 0.15) is 19.4 Å². The molecule has 0 radical (unpaired) electrons. The lowest BCUT2D eigenvalue weighted by Crippen LogP contribution is -2.43. The van der Waals surface area contributed by atoms with Crippen LogP contribution in [0.2, 0.25) is 0 Å². The molecule has 1 rings (SSSR count). The van der Waals surface area contributed by atoms with Crippen molar-refractivity contribution < 1.29 is 15.0 Å². The van der Waals surface area contributed by atoms with Gasteiger partial charge in [-0.05, 0) is 26.0 Å². The van der Waals surface area contributed by atoms with E-state index in [4.69, 9.17) is 5.11 Å². The second-order valence-corrected chi connectivity index (χ2v) is 4.33. The predicted octanol–water partition coefficient (Wildman–Crippen LogP) is 0.852. The van der Waals surface area contributed by atoms with Crippen molar-refractivity contribution in [3.05, 3.63) is 35.9 Å². The van der Waals surface area contributed by atoms with Crippen LogP contribution in [0.4, 0.5) is 0 Å². The zero-order valence-electron chi connectivity index (χ0n) is 10.5. The van der Waals surface area contributed by atoms with Crippen LogP contribution < -0.4 is 5.32 Å². The Kier molecular flexibility index (Phi) is 4.90. The summed E-state index contributed by atoms with van der Waals surface area (Å²) in [7, 11) is 0. The lowest BCUT2D eigenvalue weighted by atomic mass is 10.1. The van der Waals surface area contributed by atoms with Gasteiger partial charge in [0, 0.05) is 12.1 Å². The van der Waals surface area contributed by atoms with E-state index in [0.717, 1.165) is 5.56 Å². The summed E-state index contributed by atoms with van der Waals surface area (Å²) >= 11 is 0. The molecule has 1 aromatic rings. The number of carboxylic acid groups (broad SMARTS) is 1. The third-order valence-corrected chi connectivity index (χ3v) is 2.37. The average Bonchev–Trinajstić information content (AvgIpc) is 2.35. The average molecular weight is 247 g/mol. The number of hydrogen-bond acceptors (Lipinski definition) is 3. The summed E-state index contributed by atoms with van der Waals surface area (Å²) in [5.41, 5.74) is -0.455. The lowest BCUT2D eigenvalue weighted by Gasteiger charge is -2.19. The Morgan fingerprint density at radius 2 is 2.06 bits per heavy atom. The number of aliphatic carboxylic acids is 1. The first-order valence-electron chi connectivity index (χ1n) is 5.67. The molecule has 0 aliphatic carbocycles. The summed E-state index contributed by atoms with van der Waals surface area (Å²) in [6.45, 7) is 3.16. The van der Waals surface area contributed by atoms with Crippen molar-refractivity contribution in [2.24, 2.45) is 0 Å². The van der Waals surface area contributed by atoms with E-state index in [9.17, 15) is 9.90 Å². The number of aliphatic hydroxyl groups is 1. The van der Waals surface area contributed by atoms with E-state index >= 15 is 0 Å². The minimum absolute atomic E-state index is 0.0975. The molecule has 4 heteroatoms. The van der Waals surface area contributed by atoms with Crippen LogP contribution in [-0.4, -0.2) is 34.4 Å². The molecule has 0 spiro atoms. The number of rotatable bonds is 4. The van der Waals surface area contributed by atoms with Crippen LogP contribution in [0.15, 0.2) is 30.3 Å². The zero-order chi connectivity index (χ0) is 13.6. The van der Waals surface area contributed by atoms with Gasteiger partial charge in [-0.1, -0.05) is 30.0 Å². The number of nitrogens with one attached hydrogen (secondary N) is 1. The van der Waals surface area contributed by atoms with Gasteiger partial charge in [0.05, 0.1) is 0 Å². The van der Waals surface area contributed by atoms with E-state index < -0.39 is 17.6 Å². The Morgan fingerprint density at radius 1 is 1.44 bits per heavy atom. The van der Waals surface area contributed by atoms with Crippen LogP contribution in [0.25, 0.3) is 0 Å². The molecule has 0 aromatic heterocycles. The molecule has 0 saturated heterocycles. The van der Waals surface area contributed by atoms with Gasteiger partial charge < -0.3 is 15.5 Å². The topological polar surface area (TPSA) is 69.6 Å². The van der Waals surface area contributed by atoms with Gasteiger partial charge in [0.2, 0.25) is 0 Å². The highest BCUT2D eigenvalue weighted by molar-refractivity contribution is 5.72. The molecule has 0 aliphatic rings. The van der Waals surface area contributed by atoms with E-state index in [2.05, 4.69) is 17.2 Å². The predicted molar refractivity (Wildman–Crippen MR) is 69.0 cm³/mol. The number of carbonyl (C=O) groups is 1. The first kappa shape index (κ1) is 14.2. The fourth-order valence-corrected chi connectivity index (χ4v) is 1.21. The van der Waals surface area contributed by atoms with Crippen molar-refractivity contribution in [1.29, 1.82) is 0 Å². The van der Waals surface area contributed by atoms with E-state index in [0.29, 0.717) is 0 Å². The molecule has 0 saturated carbocycles. The highest BCUT2D eigenvalue weighted by atomic mass is 16.4. The van der Waals surface area contributed by atoms with Crippen molar-refractivity contribution in [1.82, 2.24) is 5.32 Å². The number of hydrogen-bond donors (Lipinski definition) is 3. The van der Waals surface area contributed by atoms with E-state index in [1.54, 1.807) is 6.92 Å². The Hall–Kier alpha value is -1.83. The molecule has 4 nitrogen and oxygen atoms in total. The maximum Gasteiger partial charge on any atom is 0.320 e. The summed E-state index contributed by atoms with van der Waals surface area (Å²) in [6.07, 6.45) is 0. The molecule has 3 N–H and O–H groups in total. The van der Waals surface area contributed by atoms with Crippen LogP contribution in [-0.2, 0) is 4.79 Å². The van der Waals surface area contributed by atoms with Crippen LogP contribution in [0.3, 0.4) is 0 Å². The maximum absolute atomic E-state index is 10.6. The van der Waals surface area contributed by atoms with E-state index in [1.165, 1.54) is 6.92 Å². The van der Waals surface area contributed by atoms with Gasteiger partial charge in [-0.25, -0.2) is 0 Å². The van der Waals surface area contributed by atoms with Crippen LogP contribution in [0, 0.1) is 11.8 Å². The van der Waals surface area contributed by atoms with Gasteiger partial charge in [-0.3, -0.25) is 4.79 Å². The standard InChI is InChI=1S/C14H17NO3/c1-11(13(16)17)15-10-14(2,18)9-8-12-6-4-3-5-7-12/h3-7,11,15,18H,10H2,1-2H3,(H,16,17)/t11-,14+/m1/s1. The zero-order valence-corrected chi connectivity index (χ0v) is 10.5. The summed E-state index contributed by atoms with van der Waals surface area (Å²) in [4.78, 5) is 10.6. The van der Waals surface area contributed by atoms with Gasteiger partial charge in [-0.15, -0.1) is 0 Å². The van der Waals surface area contributed by atoms with Gasteiger partial charge in [0.25, 0.3) is 0 Å². The maximum atomic E-state index is 10.6. The molecule has 0 amide bonds. The highest BCUT2D eigenvalue weighted by Crippen LogP contribution is 2.02. The third-order valence-electron chi connectivity index (χ3n) is 2.37. The summed E-state index contributed by atoms with van der Waals surface area (Å²) < 4.78 is 0. The second kappa shape index (κ2) is 6.20. The second-order valence-electron chi connectivity index (χ2n) is 4.33. The van der Waals surface area contributed by atoms with Gasteiger partial charge >= 0.3 is 5.97 Å². The van der Waals surface area contributed by atoms with Crippen molar-refractivity contribution in [2.45, 2.75) is 25.5 Å². The summed E-state index contributed by atoms with van der Waals surface area (Å²) in [5, 5.41) is 21.4. The Balaban J connectivity index is 2.60. The smallest absolute Gasteiger partial charge is 0.320 e. The van der Waals surface area contributed by atoms with Crippen molar-refractivity contribution >= 4 is 5.97 Å². The number of carboxylic acids is 1. The Bertz CT molecular complexity index is 457. The fraction of sp³-hybridized carbons (Fsp3) is 0.357. The normalized spacial score (nSPS) is 15.1. The first-order valence-corrected chi connectivity index (χ1v) is 5.67. The van der Waals surface area contributed by atoms with E-state index in [-0.39, 0.29) is 6.54 Å². The van der Waals surface area contributed by atoms with Crippen molar-refractivity contribution in [2.75, 3.05) is 6.54 Å². The molecule has 0 bridgehead atoms. The Labute approximate surface area is 107 Å². The fourth-order valence-electron chi connectivity index (χ4n) is 1.21. The monoisotopic (exact) mass is 247 g/mol. The molecule has 96 valence electrons. The van der Waals surface area contributed by atoms with Gasteiger partial charge in [-0.2, -0.15) is 0 Å². The molecular weight excluding hydrogens is 230 g/mol.